The first-order valence-corrected chi connectivity index (χ1v) is 6.10. The van der Waals surface area contributed by atoms with Gasteiger partial charge in [-0.25, -0.2) is 4.98 Å². The van der Waals surface area contributed by atoms with Gasteiger partial charge in [-0.1, -0.05) is 0 Å². The summed E-state index contributed by atoms with van der Waals surface area (Å²) >= 11 is 0. The Labute approximate surface area is 102 Å². The number of hydrogen-bond donors (Lipinski definition) is 1. The maximum absolute atomic E-state index is 5.88. The van der Waals surface area contributed by atoms with Gasteiger partial charge in [-0.2, -0.15) is 0 Å². The van der Waals surface area contributed by atoms with Gasteiger partial charge in [0.25, 0.3) is 0 Å². The van der Waals surface area contributed by atoms with Crippen molar-refractivity contribution in [1.29, 1.82) is 0 Å². The molecule has 1 heterocycles. The van der Waals surface area contributed by atoms with Gasteiger partial charge >= 0.3 is 0 Å². The summed E-state index contributed by atoms with van der Waals surface area (Å²) in [6.45, 7) is 1.96. The van der Waals surface area contributed by atoms with E-state index in [9.17, 15) is 0 Å². The van der Waals surface area contributed by atoms with Gasteiger partial charge in [0.05, 0.1) is 18.0 Å². The largest absolute Gasteiger partial charge is 0.474 e. The Bertz CT molecular complexity index is 382. The highest BCUT2D eigenvalue weighted by molar-refractivity contribution is 5.45. The van der Waals surface area contributed by atoms with Crippen molar-refractivity contribution >= 4 is 5.69 Å². The number of nitrogens with two attached hydrogens (primary N) is 1. The van der Waals surface area contributed by atoms with Gasteiger partial charge in [-0.05, 0) is 31.7 Å². The third kappa shape index (κ3) is 3.09. The van der Waals surface area contributed by atoms with Gasteiger partial charge in [0.1, 0.15) is 6.10 Å². The van der Waals surface area contributed by atoms with Crippen molar-refractivity contribution < 1.29 is 9.47 Å². The molecule has 2 N–H and O–H groups in total. The lowest BCUT2D eigenvalue weighted by Gasteiger charge is -2.28. The number of aromatic nitrogens is 1. The lowest BCUT2D eigenvalue weighted by molar-refractivity contribution is 0.0195. The molecule has 17 heavy (non-hydrogen) atoms. The van der Waals surface area contributed by atoms with Crippen LogP contribution in [-0.4, -0.2) is 24.3 Å². The van der Waals surface area contributed by atoms with Crippen LogP contribution in [0.25, 0.3) is 0 Å². The van der Waals surface area contributed by atoms with Crippen molar-refractivity contribution in [3.63, 3.8) is 0 Å². The van der Waals surface area contributed by atoms with Crippen molar-refractivity contribution in [2.75, 3.05) is 12.8 Å². The van der Waals surface area contributed by atoms with Crippen molar-refractivity contribution in [2.24, 2.45) is 0 Å². The van der Waals surface area contributed by atoms with E-state index >= 15 is 0 Å². The van der Waals surface area contributed by atoms with E-state index in [1.807, 2.05) is 13.0 Å². The number of rotatable bonds is 3. The molecule has 4 nitrogen and oxygen atoms in total. The summed E-state index contributed by atoms with van der Waals surface area (Å²) in [5.74, 6) is 0.665. The van der Waals surface area contributed by atoms with E-state index < -0.39 is 0 Å². The standard InChI is InChI=1S/C13H20N2O2/c1-9-6-13(15-8-12(9)14)17-11-5-3-4-10(7-11)16-2/h6,8,10-11H,3-5,7,14H2,1-2H3. The second-order valence-electron chi connectivity index (χ2n) is 4.64. The molecule has 1 fully saturated rings. The highest BCUT2D eigenvalue weighted by Gasteiger charge is 2.23. The molecule has 1 aromatic rings. The Morgan fingerprint density at radius 2 is 2.12 bits per heavy atom. The normalized spacial score (nSPS) is 24.6. The molecule has 0 saturated heterocycles. The molecule has 0 aliphatic heterocycles. The number of methoxy groups -OCH3 is 1. The number of anilines is 1. The Kier molecular flexibility index (Phi) is 3.84. The minimum Gasteiger partial charge on any atom is -0.474 e. The van der Waals surface area contributed by atoms with Crippen LogP contribution in [0.4, 0.5) is 5.69 Å². The molecule has 0 radical (unpaired) electrons. The molecule has 2 atom stereocenters. The predicted molar refractivity (Wildman–Crippen MR) is 67.1 cm³/mol. The molecule has 1 aliphatic carbocycles. The molecular weight excluding hydrogens is 216 g/mol. The monoisotopic (exact) mass is 236 g/mol. The smallest absolute Gasteiger partial charge is 0.213 e. The Hall–Kier alpha value is -1.29. The molecular formula is C13H20N2O2. The number of pyridine rings is 1. The molecule has 4 heteroatoms. The van der Waals surface area contributed by atoms with Crippen molar-refractivity contribution in [3.05, 3.63) is 17.8 Å². The van der Waals surface area contributed by atoms with E-state index in [2.05, 4.69) is 4.98 Å². The maximum Gasteiger partial charge on any atom is 0.213 e. The average molecular weight is 236 g/mol. The predicted octanol–water partition coefficient (Wildman–Crippen LogP) is 2.31. The van der Waals surface area contributed by atoms with Crippen molar-refractivity contribution in [3.8, 4) is 5.88 Å². The number of hydrogen-bond acceptors (Lipinski definition) is 4. The minimum absolute atomic E-state index is 0.212. The fourth-order valence-electron chi connectivity index (χ4n) is 2.20. The first-order valence-electron chi connectivity index (χ1n) is 6.10. The SMILES string of the molecule is COC1CCCC(Oc2cc(C)c(N)cn2)C1. The number of nitrogens with zero attached hydrogens (tertiary/aromatic N) is 1. The molecule has 1 saturated carbocycles. The number of nitrogen functional groups attached to an aromatic ring is 1. The highest BCUT2D eigenvalue weighted by atomic mass is 16.5. The van der Waals surface area contributed by atoms with Gasteiger partial charge < -0.3 is 15.2 Å². The third-order valence-electron chi connectivity index (χ3n) is 3.32. The van der Waals surface area contributed by atoms with Gasteiger partial charge in [-0.15, -0.1) is 0 Å². The number of ether oxygens (including phenoxy) is 2. The van der Waals surface area contributed by atoms with E-state index in [1.54, 1.807) is 13.3 Å². The van der Waals surface area contributed by atoms with Crippen LogP contribution in [0.3, 0.4) is 0 Å². The number of aryl methyl sites for hydroxylation is 1. The summed E-state index contributed by atoms with van der Waals surface area (Å²) in [5, 5.41) is 0. The highest BCUT2D eigenvalue weighted by Crippen LogP contribution is 2.25. The Balaban J connectivity index is 1.97. The zero-order valence-corrected chi connectivity index (χ0v) is 10.5. The quantitative estimate of drug-likeness (QED) is 0.875. The molecule has 2 unspecified atom stereocenters. The molecule has 1 aromatic heterocycles. The lowest BCUT2D eigenvalue weighted by atomic mass is 9.95. The minimum atomic E-state index is 0.212. The Morgan fingerprint density at radius 3 is 2.82 bits per heavy atom. The maximum atomic E-state index is 5.88. The molecule has 0 amide bonds. The zero-order chi connectivity index (χ0) is 12.3. The average Bonchev–Trinajstić information content (AvgIpc) is 2.34. The lowest BCUT2D eigenvalue weighted by Crippen LogP contribution is -2.29. The summed E-state index contributed by atoms with van der Waals surface area (Å²) in [6, 6.07) is 1.89. The van der Waals surface area contributed by atoms with Crippen LogP contribution in [0.1, 0.15) is 31.2 Å². The third-order valence-corrected chi connectivity index (χ3v) is 3.32. The van der Waals surface area contributed by atoms with Crippen molar-refractivity contribution in [1.82, 2.24) is 4.98 Å². The van der Waals surface area contributed by atoms with Crippen LogP contribution in [0.2, 0.25) is 0 Å². The summed E-state index contributed by atoms with van der Waals surface area (Å²) < 4.78 is 11.3. The topological polar surface area (TPSA) is 57.4 Å². The fourth-order valence-corrected chi connectivity index (χ4v) is 2.20. The van der Waals surface area contributed by atoms with Gasteiger partial charge in [-0.3, -0.25) is 0 Å². The molecule has 0 bridgehead atoms. The van der Waals surface area contributed by atoms with E-state index in [0.717, 1.165) is 31.2 Å². The van der Waals surface area contributed by atoms with Crippen LogP contribution in [0.15, 0.2) is 12.3 Å². The van der Waals surface area contributed by atoms with Crippen LogP contribution in [-0.2, 0) is 4.74 Å². The van der Waals surface area contributed by atoms with Crippen molar-refractivity contribution in [2.45, 2.75) is 44.8 Å². The van der Waals surface area contributed by atoms with E-state index in [-0.39, 0.29) is 6.10 Å². The molecule has 94 valence electrons. The van der Waals surface area contributed by atoms with Gasteiger partial charge in [0.2, 0.25) is 5.88 Å². The van der Waals surface area contributed by atoms with Gasteiger partial charge in [0.15, 0.2) is 0 Å². The van der Waals surface area contributed by atoms with E-state index in [4.69, 9.17) is 15.2 Å². The van der Waals surface area contributed by atoms with Crippen LogP contribution in [0.5, 0.6) is 5.88 Å². The summed E-state index contributed by atoms with van der Waals surface area (Å²) in [5.41, 5.74) is 7.44. The Morgan fingerprint density at radius 1 is 1.35 bits per heavy atom. The summed E-state index contributed by atoms with van der Waals surface area (Å²) in [4.78, 5) is 4.20. The first-order chi connectivity index (χ1) is 8.19. The fraction of sp³-hybridized carbons (Fsp3) is 0.615. The zero-order valence-electron chi connectivity index (χ0n) is 10.5. The summed E-state index contributed by atoms with van der Waals surface area (Å²) in [6.07, 6.45) is 6.49. The van der Waals surface area contributed by atoms with Crippen LogP contribution in [0, 0.1) is 6.92 Å². The molecule has 2 rings (SSSR count). The molecule has 0 spiro atoms. The van der Waals surface area contributed by atoms with Crippen LogP contribution >= 0.6 is 0 Å². The van der Waals surface area contributed by atoms with E-state index in [0.29, 0.717) is 17.7 Å². The van der Waals surface area contributed by atoms with Crippen LogP contribution < -0.4 is 10.5 Å². The molecule has 0 aromatic carbocycles. The first kappa shape index (κ1) is 12.2. The molecule has 1 aliphatic rings. The second kappa shape index (κ2) is 5.36. The summed E-state index contributed by atoms with van der Waals surface area (Å²) in [7, 11) is 1.76. The van der Waals surface area contributed by atoms with E-state index in [1.165, 1.54) is 0 Å². The van der Waals surface area contributed by atoms with Gasteiger partial charge in [0, 0.05) is 19.6 Å². The second-order valence-corrected chi connectivity index (χ2v) is 4.64.